The molecule has 1 fully saturated rings. The summed E-state index contributed by atoms with van der Waals surface area (Å²) in [6.45, 7) is 5.87. The maximum absolute atomic E-state index is 11.3. The Morgan fingerprint density at radius 1 is 1.46 bits per heavy atom. The van der Waals surface area contributed by atoms with E-state index < -0.39 is 6.10 Å². The van der Waals surface area contributed by atoms with E-state index in [1.807, 2.05) is 6.92 Å². The first kappa shape index (κ1) is 10.5. The molecular weight excluding hydrogens is 172 g/mol. The molecular formula is C9H16O4. The maximum atomic E-state index is 11.3. The second kappa shape index (κ2) is 4.58. The fourth-order valence-corrected chi connectivity index (χ4v) is 1.39. The topological polar surface area (TPSA) is 44.8 Å². The number of ether oxygens (including phenoxy) is 3. The molecule has 4 heteroatoms. The van der Waals surface area contributed by atoms with E-state index in [4.69, 9.17) is 14.2 Å². The molecule has 0 aromatic carbocycles. The molecule has 0 bridgehead atoms. The van der Waals surface area contributed by atoms with Gasteiger partial charge in [-0.05, 0) is 20.8 Å². The summed E-state index contributed by atoms with van der Waals surface area (Å²) in [5.41, 5.74) is 0. The number of carbonyl (C=O) groups is 1. The average Bonchev–Trinajstić information content (AvgIpc) is 2.03. The van der Waals surface area contributed by atoms with Crippen LogP contribution in [0, 0.1) is 0 Å². The fourth-order valence-electron chi connectivity index (χ4n) is 1.39. The van der Waals surface area contributed by atoms with Crippen molar-refractivity contribution in [1.82, 2.24) is 0 Å². The zero-order chi connectivity index (χ0) is 9.84. The van der Waals surface area contributed by atoms with Crippen LogP contribution in [0.15, 0.2) is 0 Å². The lowest BCUT2D eigenvalue weighted by Gasteiger charge is -2.30. The van der Waals surface area contributed by atoms with Crippen molar-refractivity contribution in [2.45, 2.75) is 45.7 Å². The van der Waals surface area contributed by atoms with Crippen molar-refractivity contribution >= 4 is 5.97 Å². The first-order chi connectivity index (χ1) is 6.13. The highest BCUT2D eigenvalue weighted by Gasteiger charge is 2.31. The lowest BCUT2D eigenvalue weighted by molar-refractivity contribution is -0.235. The molecule has 0 N–H and O–H groups in total. The molecule has 1 rings (SSSR count). The van der Waals surface area contributed by atoms with Crippen LogP contribution >= 0.6 is 0 Å². The normalized spacial score (nSPS) is 34.2. The van der Waals surface area contributed by atoms with Crippen LogP contribution in [0.3, 0.4) is 0 Å². The summed E-state index contributed by atoms with van der Waals surface area (Å²) in [5, 5.41) is 0. The molecule has 13 heavy (non-hydrogen) atoms. The summed E-state index contributed by atoms with van der Waals surface area (Å²) >= 11 is 0. The number of esters is 1. The minimum Gasteiger partial charge on any atom is -0.464 e. The largest absolute Gasteiger partial charge is 0.464 e. The SMILES string of the molecule is CCOC(=O)C1CC(C)OC(C)O1. The van der Waals surface area contributed by atoms with Crippen molar-refractivity contribution in [2.24, 2.45) is 0 Å². The molecule has 0 amide bonds. The van der Waals surface area contributed by atoms with Crippen LogP contribution in [-0.2, 0) is 19.0 Å². The van der Waals surface area contributed by atoms with Gasteiger partial charge in [0.15, 0.2) is 12.4 Å². The first-order valence-electron chi connectivity index (χ1n) is 4.61. The van der Waals surface area contributed by atoms with Crippen molar-refractivity contribution in [3.63, 3.8) is 0 Å². The summed E-state index contributed by atoms with van der Waals surface area (Å²) < 4.78 is 15.4. The van der Waals surface area contributed by atoms with Gasteiger partial charge in [0.25, 0.3) is 0 Å². The Bertz CT molecular complexity index is 170. The Morgan fingerprint density at radius 3 is 2.69 bits per heavy atom. The molecule has 0 radical (unpaired) electrons. The van der Waals surface area contributed by atoms with Crippen molar-refractivity contribution in [2.75, 3.05) is 6.61 Å². The zero-order valence-corrected chi connectivity index (χ0v) is 8.28. The van der Waals surface area contributed by atoms with Gasteiger partial charge in [-0.25, -0.2) is 4.79 Å². The minimum atomic E-state index is -0.460. The van der Waals surface area contributed by atoms with Gasteiger partial charge in [0.2, 0.25) is 0 Å². The standard InChI is InChI=1S/C9H16O4/c1-4-11-9(10)8-5-6(2)12-7(3)13-8/h6-8H,4-5H2,1-3H3. The Morgan fingerprint density at radius 2 is 2.15 bits per heavy atom. The van der Waals surface area contributed by atoms with Gasteiger partial charge in [-0.1, -0.05) is 0 Å². The molecule has 0 aliphatic carbocycles. The van der Waals surface area contributed by atoms with Crippen molar-refractivity contribution in [3.8, 4) is 0 Å². The predicted molar refractivity (Wildman–Crippen MR) is 46.1 cm³/mol. The number of hydrogen-bond acceptors (Lipinski definition) is 4. The quantitative estimate of drug-likeness (QED) is 0.608. The lowest BCUT2D eigenvalue weighted by Crippen LogP contribution is -2.40. The molecule has 0 spiro atoms. The third kappa shape index (κ3) is 2.97. The smallest absolute Gasteiger partial charge is 0.335 e. The Hall–Kier alpha value is -0.610. The van der Waals surface area contributed by atoms with Gasteiger partial charge in [0.05, 0.1) is 12.7 Å². The second-order valence-corrected chi connectivity index (χ2v) is 3.13. The Kier molecular flexibility index (Phi) is 3.69. The van der Waals surface area contributed by atoms with E-state index in [1.165, 1.54) is 0 Å². The van der Waals surface area contributed by atoms with Crippen LogP contribution in [0.5, 0.6) is 0 Å². The first-order valence-corrected chi connectivity index (χ1v) is 4.61. The third-order valence-electron chi connectivity index (χ3n) is 1.88. The van der Waals surface area contributed by atoms with Gasteiger partial charge in [-0.2, -0.15) is 0 Å². The van der Waals surface area contributed by atoms with Gasteiger partial charge in [-0.3, -0.25) is 0 Å². The third-order valence-corrected chi connectivity index (χ3v) is 1.88. The van der Waals surface area contributed by atoms with Crippen LogP contribution in [-0.4, -0.2) is 31.1 Å². The van der Waals surface area contributed by atoms with E-state index in [-0.39, 0.29) is 18.4 Å². The van der Waals surface area contributed by atoms with Crippen LogP contribution in [0.4, 0.5) is 0 Å². The fraction of sp³-hybridized carbons (Fsp3) is 0.889. The predicted octanol–water partition coefficient (Wildman–Crippen LogP) is 1.09. The lowest BCUT2D eigenvalue weighted by atomic mass is 10.1. The molecule has 0 saturated carbocycles. The highest BCUT2D eigenvalue weighted by atomic mass is 16.7. The summed E-state index contributed by atoms with van der Waals surface area (Å²) in [5.74, 6) is -0.287. The highest BCUT2D eigenvalue weighted by Crippen LogP contribution is 2.18. The summed E-state index contributed by atoms with van der Waals surface area (Å²) in [6, 6.07) is 0. The van der Waals surface area contributed by atoms with E-state index in [9.17, 15) is 4.79 Å². The molecule has 3 atom stereocenters. The van der Waals surface area contributed by atoms with Crippen LogP contribution < -0.4 is 0 Å². The van der Waals surface area contributed by atoms with E-state index in [0.29, 0.717) is 13.0 Å². The highest BCUT2D eigenvalue weighted by molar-refractivity contribution is 5.74. The maximum Gasteiger partial charge on any atom is 0.335 e. The van der Waals surface area contributed by atoms with Crippen LogP contribution in [0.1, 0.15) is 27.2 Å². The molecule has 0 aromatic heterocycles. The van der Waals surface area contributed by atoms with Gasteiger partial charge in [0.1, 0.15) is 0 Å². The molecule has 1 aliphatic heterocycles. The number of carbonyl (C=O) groups excluding carboxylic acids is 1. The van der Waals surface area contributed by atoms with Crippen LogP contribution in [0.2, 0.25) is 0 Å². The van der Waals surface area contributed by atoms with E-state index in [0.717, 1.165) is 0 Å². The molecule has 1 saturated heterocycles. The van der Waals surface area contributed by atoms with Gasteiger partial charge in [-0.15, -0.1) is 0 Å². The van der Waals surface area contributed by atoms with E-state index in [2.05, 4.69) is 0 Å². The van der Waals surface area contributed by atoms with Crippen molar-refractivity contribution in [3.05, 3.63) is 0 Å². The average molecular weight is 188 g/mol. The zero-order valence-electron chi connectivity index (χ0n) is 8.28. The second-order valence-electron chi connectivity index (χ2n) is 3.13. The van der Waals surface area contributed by atoms with Gasteiger partial charge in [0, 0.05) is 6.42 Å². The summed E-state index contributed by atoms with van der Waals surface area (Å²) in [4.78, 5) is 11.3. The van der Waals surface area contributed by atoms with Gasteiger partial charge >= 0.3 is 5.97 Å². The monoisotopic (exact) mass is 188 g/mol. The molecule has 1 aliphatic rings. The Labute approximate surface area is 78.2 Å². The van der Waals surface area contributed by atoms with E-state index in [1.54, 1.807) is 13.8 Å². The van der Waals surface area contributed by atoms with Crippen molar-refractivity contribution < 1.29 is 19.0 Å². The summed E-state index contributed by atoms with van der Waals surface area (Å²) in [6.07, 6.45) is -0.154. The van der Waals surface area contributed by atoms with Crippen LogP contribution in [0.25, 0.3) is 0 Å². The number of hydrogen-bond donors (Lipinski definition) is 0. The Balaban J connectivity index is 2.45. The molecule has 0 aromatic rings. The molecule has 76 valence electrons. The van der Waals surface area contributed by atoms with Crippen molar-refractivity contribution in [1.29, 1.82) is 0 Å². The molecule has 1 heterocycles. The van der Waals surface area contributed by atoms with E-state index >= 15 is 0 Å². The molecule has 3 unspecified atom stereocenters. The summed E-state index contributed by atoms with van der Waals surface area (Å²) in [7, 11) is 0. The minimum absolute atomic E-state index is 0.0538. The molecule has 4 nitrogen and oxygen atoms in total. The number of rotatable bonds is 2. The van der Waals surface area contributed by atoms with Gasteiger partial charge < -0.3 is 14.2 Å².